The van der Waals surface area contributed by atoms with Crippen molar-refractivity contribution in [3.8, 4) is 11.5 Å². The topological polar surface area (TPSA) is 102 Å². The van der Waals surface area contributed by atoms with Gasteiger partial charge in [-0.3, -0.25) is 19.1 Å². The predicted octanol–water partition coefficient (Wildman–Crippen LogP) is 0.192. The number of nitrogens with zero attached hydrogens (tertiary/aromatic N) is 1. The van der Waals surface area contributed by atoms with Crippen LogP contribution in [0.25, 0.3) is 0 Å². The van der Waals surface area contributed by atoms with E-state index in [2.05, 4.69) is 10.3 Å². The van der Waals surface area contributed by atoms with Crippen molar-refractivity contribution in [2.24, 2.45) is 0 Å². The van der Waals surface area contributed by atoms with Gasteiger partial charge in [-0.2, -0.15) is 0 Å². The number of benzene rings is 1. The van der Waals surface area contributed by atoms with Gasteiger partial charge in [-0.05, 0) is 0 Å². The van der Waals surface area contributed by atoms with E-state index in [1.807, 2.05) is 0 Å². The van der Waals surface area contributed by atoms with E-state index in [1.54, 1.807) is 18.2 Å². The van der Waals surface area contributed by atoms with Crippen molar-refractivity contribution >= 4 is 11.6 Å². The van der Waals surface area contributed by atoms with E-state index >= 15 is 0 Å². The Hall–Kier alpha value is -3.03. The molecule has 116 valence electrons. The van der Waals surface area contributed by atoms with Crippen LogP contribution in [0.5, 0.6) is 11.5 Å². The number of aromatic amines is 1. The molecule has 2 rings (SSSR count). The highest BCUT2D eigenvalue weighted by Gasteiger charge is 2.08. The summed E-state index contributed by atoms with van der Waals surface area (Å²) in [6, 6.07) is 6.08. The van der Waals surface area contributed by atoms with Crippen LogP contribution in [-0.4, -0.2) is 29.7 Å². The molecule has 0 bridgehead atoms. The van der Waals surface area contributed by atoms with Crippen LogP contribution in [0.1, 0.15) is 0 Å². The number of rotatable bonds is 5. The van der Waals surface area contributed by atoms with Gasteiger partial charge in [0.15, 0.2) is 0 Å². The van der Waals surface area contributed by atoms with Gasteiger partial charge in [0.05, 0.1) is 14.2 Å². The summed E-state index contributed by atoms with van der Waals surface area (Å²) in [4.78, 5) is 36.5. The highest BCUT2D eigenvalue weighted by atomic mass is 16.5. The summed E-state index contributed by atoms with van der Waals surface area (Å²) in [5, 5.41) is 2.63. The van der Waals surface area contributed by atoms with E-state index in [1.165, 1.54) is 26.5 Å². The smallest absolute Gasteiger partial charge is 0.328 e. The van der Waals surface area contributed by atoms with Crippen molar-refractivity contribution in [3.63, 3.8) is 0 Å². The number of nitrogens with one attached hydrogen (secondary N) is 2. The van der Waals surface area contributed by atoms with Crippen LogP contribution in [0.4, 0.5) is 5.69 Å². The second-order valence-electron chi connectivity index (χ2n) is 4.39. The number of ether oxygens (including phenoxy) is 2. The first-order valence-corrected chi connectivity index (χ1v) is 6.34. The molecular formula is C14H15N3O5. The molecule has 22 heavy (non-hydrogen) atoms. The molecule has 0 saturated heterocycles. The summed E-state index contributed by atoms with van der Waals surface area (Å²) in [7, 11) is 3.00. The molecule has 1 aromatic carbocycles. The molecule has 1 amide bonds. The first-order valence-electron chi connectivity index (χ1n) is 6.34. The van der Waals surface area contributed by atoms with Gasteiger partial charge < -0.3 is 14.8 Å². The lowest BCUT2D eigenvalue weighted by Crippen LogP contribution is -2.32. The third-order valence-electron chi connectivity index (χ3n) is 2.85. The molecule has 0 fully saturated rings. The SMILES string of the molecule is COc1cc(NC(=O)Cn2ccc(=O)[nH]c2=O)cc(OC)c1. The van der Waals surface area contributed by atoms with Crippen LogP contribution in [0.15, 0.2) is 40.1 Å². The Bertz CT molecular complexity index is 771. The fourth-order valence-electron chi connectivity index (χ4n) is 1.80. The molecule has 1 heterocycles. The van der Waals surface area contributed by atoms with Gasteiger partial charge in [0.1, 0.15) is 18.0 Å². The van der Waals surface area contributed by atoms with Gasteiger partial charge in [-0.1, -0.05) is 0 Å². The number of hydrogen-bond acceptors (Lipinski definition) is 5. The van der Waals surface area contributed by atoms with E-state index in [0.29, 0.717) is 17.2 Å². The summed E-state index contributed by atoms with van der Waals surface area (Å²) in [6.45, 7) is -0.227. The number of hydrogen-bond donors (Lipinski definition) is 2. The molecule has 0 aliphatic carbocycles. The molecule has 0 aliphatic heterocycles. The zero-order chi connectivity index (χ0) is 16.1. The Morgan fingerprint density at radius 2 is 1.82 bits per heavy atom. The predicted molar refractivity (Wildman–Crippen MR) is 79.5 cm³/mol. The van der Waals surface area contributed by atoms with Gasteiger partial charge in [-0.25, -0.2) is 4.79 Å². The number of anilines is 1. The molecule has 2 N–H and O–H groups in total. The number of amides is 1. The third-order valence-corrected chi connectivity index (χ3v) is 2.85. The fourth-order valence-corrected chi connectivity index (χ4v) is 1.80. The Morgan fingerprint density at radius 3 is 2.36 bits per heavy atom. The molecule has 0 unspecified atom stereocenters. The van der Waals surface area contributed by atoms with E-state index in [-0.39, 0.29) is 6.54 Å². The summed E-state index contributed by atoms with van der Waals surface area (Å²) in [5.74, 6) is 0.621. The number of H-pyrrole nitrogens is 1. The second-order valence-corrected chi connectivity index (χ2v) is 4.39. The van der Waals surface area contributed by atoms with E-state index < -0.39 is 17.2 Å². The van der Waals surface area contributed by atoms with Crippen molar-refractivity contribution in [2.75, 3.05) is 19.5 Å². The summed E-state index contributed by atoms with van der Waals surface area (Å²) < 4.78 is 11.3. The zero-order valence-corrected chi connectivity index (χ0v) is 12.1. The Morgan fingerprint density at radius 1 is 1.18 bits per heavy atom. The molecule has 1 aromatic heterocycles. The summed E-state index contributed by atoms with van der Waals surface area (Å²) in [6.07, 6.45) is 1.26. The molecule has 8 heteroatoms. The molecule has 0 spiro atoms. The summed E-state index contributed by atoms with van der Waals surface area (Å²) >= 11 is 0. The average Bonchev–Trinajstić information content (AvgIpc) is 2.49. The molecule has 0 aliphatic rings. The molecule has 8 nitrogen and oxygen atoms in total. The number of aromatic nitrogens is 2. The van der Waals surface area contributed by atoms with Crippen molar-refractivity contribution in [2.45, 2.75) is 6.54 Å². The number of carbonyl (C=O) groups is 1. The minimum atomic E-state index is -0.647. The average molecular weight is 305 g/mol. The fraction of sp³-hybridized carbons (Fsp3) is 0.214. The Balaban J connectivity index is 2.15. The maximum atomic E-state index is 12.0. The third kappa shape index (κ3) is 3.75. The largest absolute Gasteiger partial charge is 0.497 e. The van der Waals surface area contributed by atoms with Crippen molar-refractivity contribution in [1.82, 2.24) is 9.55 Å². The van der Waals surface area contributed by atoms with Crippen LogP contribution < -0.4 is 26.0 Å². The monoisotopic (exact) mass is 305 g/mol. The van der Waals surface area contributed by atoms with Gasteiger partial charge in [0.25, 0.3) is 5.56 Å². The molecule has 2 aromatic rings. The van der Waals surface area contributed by atoms with E-state index in [4.69, 9.17) is 9.47 Å². The molecule has 0 saturated carbocycles. The second kappa shape index (κ2) is 6.61. The standard InChI is InChI=1S/C14H15N3O5/c1-21-10-5-9(6-11(7-10)22-2)15-13(19)8-17-4-3-12(18)16-14(17)20/h3-7H,8H2,1-2H3,(H,15,19)(H,16,18,20). The maximum absolute atomic E-state index is 12.0. The van der Waals surface area contributed by atoms with E-state index in [9.17, 15) is 14.4 Å². The highest BCUT2D eigenvalue weighted by Crippen LogP contribution is 2.25. The minimum Gasteiger partial charge on any atom is -0.497 e. The number of carbonyl (C=O) groups excluding carboxylic acids is 1. The molecule has 0 radical (unpaired) electrons. The number of methoxy groups -OCH3 is 2. The summed E-state index contributed by atoms with van der Waals surface area (Å²) in [5.41, 5.74) is -0.691. The van der Waals surface area contributed by atoms with Gasteiger partial charge in [-0.15, -0.1) is 0 Å². The van der Waals surface area contributed by atoms with Crippen molar-refractivity contribution < 1.29 is 14.3 Å². The van der Waals surface area contributed by atoms with Crippen LogP contribution in [0, 0.1) is 0 Å². The first kappa shape index (κ1) is 15.4. The van der Waals surface area contributed by atoms with Crippen LogP contribution in [0.3, 0.4) is 0 Å². The molecule has 0 atom stereocenters. The zero-order valence-electron chi connectivity index (χ0n) is 12.1. The highest BCUT2D eigenvalue weighted by molar-refractivity contribution is 5.91. The van der Waals surface area contributed by atoms with Crippen LogP contribution >= 0.6 is 0 Å². The van der Waals surface area contributed by atoms with E-state index in [0.717, 1.165) is 4.57 Å². The lowest BCUT2D eigenvalue weighted by Gasteiger charge is -2.10. The lowest BCUT2D eigenvalue weighted by atomic mass is 10.2. The quantitative estimate of drug-likeness (QED) is 0.821. The van der Waals surface area contributed by atoms with Gasteiger partial charge in [0.2, 0.25) is 5.91 Å². The Kier molecular flexibility index (Phi) is 4.62. The van der Waals surface area contributed by atoms with Crippen LogP contribution in [0.2, 0.25) is 0 Å². The van der Waals surface area contributed by atoms with Crippen molar-refractivity contribution in [1.29, 1.82) is 0 Å². The van der Waals surface area contributed by atoms with Gasteiger partial charge in [0, 0.05) is 36.1 Å². The van der Waals surface area contributed by atoms with Crippen LogP contribution in [-0.2, 0) is 11.3 Å². The van der Waals surface area contributed by atoms with Crippen molar-refractivity contribution in [3.05, 3.63) is 51.3 Å². The first-order chi connectivity index (χ1) is 10.5. The maximum Gasteiger partial charge on any atom is 0.328 e. The van der Waals surface area contributed by atoms with Gasteiger partial charge >= 0.3 is 5.69 Å². The lowest BCUT2D eigenvalue weighted by molar-refractivity contribution is -0.116. The normalized spacial score (nSPS) is 10.1. The minimum absolute atomic E-state index is 0.227. The molecular weight excluding hydrogens is 290 g/mol. The Labute approximate surface area is 125 Å².